The fourth-order valence-electron chi connectivity index (χ4n) is 3.48. The van der Waals surface area contributed by atoms with E-state index in [1.165, 1.54) is 37.7 Å². The highest BCUT2D eigenvalue weighted by molar-refractivity contribution is 5.26. The van der Waals surface area contributed by atoms with E-state index in [-0.39, 0.29) is 5.82 Å². The lowest BCUT2D eigenvalue weighted by Gasteiger charge is -2.39. The van der Waals surface area contributed by atoms with Crippen molar-refractivity contribution in [1.82, 2.24) is 5.32 Å². The molecule has 0 spiro atoms. The van der Waals surface area contributed by atoms with Crippen molar-refractivity contribution in [3.63, 3.8) is 0 Å². The molecule has 0 saturated heterocycles. The van der Waals surface area contributed by atoms with Gasteiger partial charge in [-0.3, -0.25) is 0 Å². The summed E-state index contributed by atoms with van der Waals surface area (Å²) in [5.74, 6) is 0.728. The molecule has 0 unspecified atom stereocenters. The van der Waals surface area contributed by atoms with Crippen molar-refractivity contribution in [3.05, 3.63) is 35.1 Å². The molecule has 1 N–H and O–H groups in total. The third-order valence-corrected chi connectivity index (χ3v) is 5.63. The van der Waals surface area contributed by atoms with Gasteiger partial charge in [-0.25, -0.2) is 4.39 Å². The van der Waals surface area contributed by atoms with E-state index in [0.29, 0.717) is 11.5 Å². The molecule has 0 heterocycles. The topological polar surface area (TPSA) is 12.0 Å². The van der Waals surface area contributed by atoms with Gasteiger partial charge in [-0.15, -0.1) is 0 Å². The number of rotatable bonds is 5. The Morgan fingerprint density at radius 3 is 2.43 bits per heavy atom. The van der Waals surface area contributed by atoms with Gasteiger partial charge in [-0.05, 0) is 67.2 Å². The van der Waals surface area contributed by atoms with E-state index >= 15 is 0 Å². The summed E-state index contributed by atoms with van der Waals surface area (Å²) in [4.78, 5) is 0. The molecular weight excluding hydrogens is 261 g/mol. The molecule has 1 fully saturated rings. The maximum atomic E-state index is 13.1. The molecule has 2 heteroatoms. The van der Waals surface area contributed by atoms with Crippen LogP contribution in [0, 0.1) is 24.1 Å². The summed E-state index contributed by atoms with van der Waals surface area (Å²) in [6.07, 6.45) is 6.48. The molecule has 0 amide bonds. The third kappa shape index (κ3) is 4.29. The number of hydrogen-bond donors (Lipinski definition) is 1. The van der Waals surface area contributed by atoms with Gasteiger partial charge < -0.3 is 5.32 Å². The van der Waals surface area contributed by atoms with Gasteiger partial charge in [-0.2, -0.15) is 0 Å². The van der Waals surface area contributed by atoms with Crippen LogP contribution in [0.3, 0.4) is 0 Å². The van der Waals surface area contributed by atoms with Crippen LogP contribution in [0.15, 0.2) is 18.2 Å². The molecule has 21 heavy (non-hydrogen) atoms. The predicted molar refractivity (Wildman–Crippen MR) is 87.8 cm³/mol. The molecule has 0 atom stereocenters. The maximum Gasteiger partial charge on any atom is 0.123 e. The minimum atomic E-state index is -0.140. The smallest absolute Gasteiger partial charge is 0.123 e. The zero-order valence-electron chi connectivity index (χ0n) is 14.0. The molecule has 1 aliphatic rings. The monoisotopic (exact) mass is 291 g/mol. The van der Waals surface area contributed by atoms with E-state index in [2.05, 4.69) is 26.1 Å². The molecule has 118 valence electrons. The largest absolute Gasteiger partial charge is 0.310 e. The SMILES string of the molecule is CCC(C)(C)C1CCC(NCc2ccc(F)cc2C)CC1. The molecule has 1 aromatic carbocycles. The molecule has 1 nitrogen and oxygen atoms in total. The second-order valence-corrected chi connectivity index (χ2v) is 7.34. The van der Waals surface area contributed by atoms with Gasteiger partial charge in [-0.1, -0.05) is 33.3 Å². The molecule has 0 aromatic heterocycles. The van der Waals surface area contributed by atoms with Crippen molar-refractivity contribution < 1.29 is 4.39 Å². The van der Waals surface area contributed by atoms with Crippen molar-refractivity contribution >= 4 is 0 Å². The minimum Gasteiger partial charge on any atom is -0.310 e. The van der Waals surface area contributed by atoms with Crippen LogP contribution < -0.4 is 5.32 Å². The second-order valence-electron chi connectivity index (χ2n) is 7.34. The molecule has 1 saturated carbocycles. The summed E-state index contributed by atoms with van der Waals surface area (Å²) < 4.78 is 13.1. The van der Waals surface area contributed by atoms with Crippen LogP contribution in [0.25, 0.3) is 0 Å². The van der Waals surface area contributed by atoms with E-state index < -0.39 is 0 Å². The first-order chi connectivity index (χ1) is 9.92. The van der Waals surface area contributed by atoms with Crippen molar-refractivity contribution in [2.24, 2.45) is 11.3 Å². The van der Waals surface area contributed by atoms with Gasteiger partial charge in [0.15, 0.2) is 0 Å². The highest BCUT2D eigenvalue weighted by atomic mass is 19.1. The Kier molecular flexibility index (Phi) is 5.43. The van der Waals surface area contributed by atoms with E-state index in [4.69, 9.17) is 0 Å². The Morgan fingerprint density at radius 1 is 1.19 bits per heavy atom. The summed E-state index contributed by atoms with van der Waals surface area (Å²) >= 11 is 0. The van der Waals surface area contributed by atoms with Gasteiger partial charge in [0, 0.05) is 12.6 Å². The summed E-state index contributed by atoms with van der Waals surface area (Å²) in [7, 11) is 0. The first kappa shape index (κ1) is 16.5. The third-order valence-electron chi connectivity index (χ3n) is 5.63. The zero-order valence-corrected chi connectivity index (χ0v) is 14.0. The number of halogens is 1. The first-order valence-electron chi connectivity index (χ1n) is 8.41. The van der Waals surface area contributed by atoms with Gasteiger partial charge in [0.25, 0.3) is 0 Å². The first-order valence-corrected chi connectivity index (χ1v) is 8.41. The highest BCUT2D eigenvalue weighted by Crippen LogP contribution is 2.40. The van der Waals surface area contributed by atoms with Gasteiger partial charge in [0.05, 0.1) is 0 Å². The Hall–Kier alpha value is -0.890. The van der Waals surface area contributed by atoms with Crippen molar-refractivity contribution in [2.45, 2.75) is 72.4 Å². The fourth-order valence-corrected chi connectivity index (χ4v) is 3.48. The van der Waals surface area contributed by atoms with Gasteiger partial charge in [0.2, 0.25) is 0 Å². The van der Waals surface area contributed by atoms with Crippen molar-refractivity contribution in [2.75, 3.05) is 0 Å². The number of hydrogen-bond acceptors (Lipinski definition) is 1. The maximum absolute atomic E-state index is 13.1. The van der Waals surface area contributed by atoms with E-state index in [1.54, 1.807) is 12.1 Å². The quantitative estimate of drug-likeness (QED) is 0.784. The molecule has 1 aromatic rings. The van der Waals surface area contributed by atoms with Crippen LogP contribution in [-0.4, -0.2) is 6.04 Å². The van der Waals surface area contributed by atoms with Crippen LogP contribution in [0.1, 0.15) is 64.0 Å². The predicted octanol–water partition coefficient (Wildman–Crippen LogP) is 5.22. The summed E-state index contributed by atoms with van der Waals surface area (Å²) in [6, 6.07) is 5.71. The van der Waals surface area contributed by atoms with E-state index in [9.17, 15) is 4.39 Å². The Balaban J connectivity index is 1.81. The molecule has 1 aliphatic carbocycles. The van der Waals surface area contributed by atoms with Gasteiger partial charge in [0.1, 0.15) is 5.82 Å². The summed E-state index contributed by atoms with van der Waals surface area (Å²) in [5, 5.41) is 3.67. The number of benzene rings is 1. The molecular formula is C19H30FN. The Labute approximate surface area is 129 Å². The molecule has 0 radical (unpaired) electrons. The average molecular weight is 291 g/mol. The van der Waals surface area contributed by atoms with Crippen molar-refractivity contribution in [1.29, 1.82) is 0 Å². The van der Waals surface area contributed by atoms with E-state index in [0.717, 1.165) is 18.0 Å². The fraction of sp³-hybridized carbons (Fsp3) is 0.684. The molecule has 2 rings (SSSR count). The lowest BCUT2D eigenvalue weighted by atomic mass is 9.69. The summed E-state index contributed by atoms with van der Waals surface area (Å²) in [5.41, 5.74) is 2.74. The van der Waals surface area contributed by atoms with Crippen LogP contribution in [0.2, 0.25) is 0 Å². The highest BCUT2D eigenvalue weighted by Gasteiger charge is 2.31. The molecule has 0 aliphatic heterocycles. The van der Waals surface area contributed by atoms with E-state index in [1.807, 2.05) is 13.0 Å². The zero-order chi connectivity index (χ0) is 15.5. The number of nitrogens with one attached hydrogen (secondary N) is 1. The number of aryl methyl sites for hydroxylation is 1. The second kappa shape index (κ2) is 6.91. The van der Waals surface area contributed by atoms with Crippen LogP contribution >= 0.6 is 0 Å². The summed E-state index contributed by atoms with van der Waals surface area (Å²) in [6.45, 7) is 9.97. The normalized spacial score (nSPS) is 23.3. The Morgan fingerprint density at radius 2 is 1.86 bits per heavy atom. The lowest BCUT2D eigenvalue weighted by Crippen LogP contribution is -2.36. The van der Waals surface area contributed by atoms with Gasteiger partial charge >= 0.3 is 0 Å². The lowest BCUT2D eigenvalue weighted by molar-refractivity contribution is 0.137. The standard InChI is InChI=1S/C19H30FN/c1-5-19(3,4)16-7-10-18(11-8-16)21-13-15-6-9-17(20)12-14(15)2/h6,9,12,16,18,21H,5,7-8,10-11,13H2,1-4H3. The minimum absolute atomic E-state index is 0.140. The average Bonchev–Trinajstić information content (AvgIpc) is 2.47. The van der Waals surface area contributed by atoms with Crippen LogP contribution in [0.4, 0.5) is 4.39 Å². The van der Waals surface area contributed by atoms with Crippen LogP contribution in [-0.2, 0) is 6.54 Å². The van der Waals surface area contributed by atoms with Crippen molar-refractivity contribution in [3.8, 4) is 0 Å². The Bertz CT molecular complexity index is 459. The molecule has 0 bridgehead atoms. The van der Waals surface area contributed by atoms with Crippen LogP contribution in [0.5, 0.6) is 0 Å².